The molecule has 104 valence electrons. The molecule has 0 bridgehead atoms. The molecule has 0 heterocycles. The van der Waals surface area contributed by atoms with Gasteiger partial charge in [0.2, 0.25) is 0 Å². The zero-order chi connectivity index (χ0) is 14.7. The van der Waals surface area contributed by atoms with E-state index in [1.807, 2.05) is 18.2 Å². The summed E-state index contributed by atoms with van der Waals surface area (Å²) in [5, 5.41) is 0. The first-order valence-corrected chi connectivity index (χ1v) is 6.79. The average Bonchev–Trinajstić information content (AvgIpc) is 2.45. The molecule has 0 aliphatic carbocycles. The Balaban J connectivity index is 2.38. The highest BCUT2D eigenvalue weighted by Crippen LogP contribution is 2.31. The van der Waals surface area contributed by atoms with E-state index in [1.54, 1.807) is 43.3 Å². The summed E-state index contributed by atoms with van der Waals surface area (Å²) in [6, 6.07) is 12.4. The molecule has 4 nitrogen and oxygen atoms in total. The lowest BCUT2D eigenvalue weighted by atomic mass is 10.1. The Morgan fingerprint density at radius 2 is 2.00 bits per heavy atom. The fourth-order valence-electron chi connectivity index (χ4n) is 1.90. The van der Waals surface area contributed by atoms with E-state index in [4.69, 9.17) is 10.5 Å². The Labute approximate surface area is 126 Å². The third-order valence-electron chi connectivity index (χ3n) is 2.94. The van der Waals surface area contributed by atoms with Gasteiger partial charge in [0, 0.05) is 22.8 Å². The summed E-state index contributed by atoms with van der Waals surface area (Å²) in [4.78, 5) is 14.0. The molecule has 0 atom stereocenters. The van der Waals surface area contributed by atoms with Gasteiger partial charge in [-0.3, -0.25) is 4.79 Å². The van der Waals surface area contributed by atoms with Crippen LogP contribution in [0, 0.1) is 0 Å². The van der Waals surface area contributed by atoms with Crippen LogP contribution >= 0.6 is 15.9 Å². The van der Waals surface area contributed by atoms with Crippen molar-refractivity contribution in [3.05, 3.63) is 52.5 Å². The van der Waals surface area contributed by atoms with Crippen molar-refractivity contribution in [3.63, 3.8) is 0 Å². The van der Waals surface area contributed by atoms with Gasteiger partial charge in [-0.2, -0.15) is 0 Å². The monoisotopic (exact) mass is 334 g/mol. The second-order valence-electron chi connectivity index (χ2n) is 4.31. The topological polar surface area (TPSA) is 55.6 Å². The number of benzene rings is 2. The van der Waals surface area contributed by atoms with Crippen molar-refractivity contribution in [1.82, 2.24) is 0 Å². The third-order valence-corrected chi connectivity index (χ3v) is 3.43. The maximum absolute atomic E-state index is 12.5. The first kappa shape index (κ1) is 14.4. The molecule has 0 radical (unpaired) electrons. The van der Waals surface area contributed by atoms with Crippen molar-refractivity contribution < 1.29 is 9.53 Å². The summed E-state index contributed by atoms with van der Waals surface area (Å²) in [6.45, 7) is 0. The van der Waals surface area contributed by atoms with Gasteiger partial charge in [-0.1, -0.05) is 22.0 Å². The first-order chi connectivity index (χ1) is 9.52. The number of halogens is 1. The van der Waals surface area contributed by atoms with E-state index in [1.165, 1.54) is 0 Å². The van der Waals surface area contributed by atoms with Crippen LogP contribution in [0.4, 0.5) is 11.4 Å². The Bertz CT molecular complexity index is 644. The first-order valence-electron chi connectivity index (χ1n) is 6.00. The number of nitrogens with zero attached hydrogens (tertiary/aromatic N) is 1. The van der Waals surface area contributed by atoms with Gasteiger partial charge in [-0.25, -0.2) is 0 Å². The van der Waals surface area contributed by atoms with Crippen molar-refractivity contribution in [1.29, 1.82) is 0 Å². The number of hydrogen-bond acceptors (Lipinski definition) is 3. The van der Waals surface area contributed by atoms with Gasteiger partial charge < -0.3 is 15.4 Å². The summed E-state index contributed by atoms with van der Waals surface area (Å²) in [5.74, 6) is 0.488. The molecule has 0 aromatic heterocycles. The molecule has 2 aromatic rings. The van der Waals surface area contributed by atoms with Gasteiger partial charge in [0.05, 0.1) is 12.8 Å². The van der Waals surface area contributed by atoms with E-state index in [9.17, 15) is 4.79 Å². The van der Waals surface area contributed by atoms with E-state index in [2.05, 4.69) is 15.9 Å². The molecule has 20 heavy (non-hydrogen) atoms. The van der Waals surface area contributed by atoms with Gasteiger partial charge in [-0.15, -0.1) is 0 Å². The summed E-state index contributed by atoms with van der Waals surface area (Å²) < 4.78 is 6.17. The predicted molar refractivity (Wildman–Crippen MR) is 84.3 cm³/mol. The number of ether oxygens (including phenoxy) is 1. The van der Waals surface area contributed by atoms with Crippen molar-refractivity contribution in [2.24, 2.45) is 0 Å². The molecule has 2 aromatic carbocycles. The highest BCUT2D eigenvalue weighted by atomic mass is 79.9. The zero-order valence-corrected chi connectivity index (χ0v) is 12.8. The van der Waals surface area contributed by atoms with E-state index in [0.29, 0.717) is 22.7 Å². The molecule has 0 aliphatic heterocycles. The van der Waals surface area contributed by atoms with Gasteiger partial charge in [0.1, 0.15) is 5.75 Å². The lowest BCUT2D eigenvalue weighted by Gasteiger charge is -2.20. The van der Waals surface area contributed by atoms with Crippen LogP contribution in [0.15, 0.2) is 46.9 Å². The summed E-state index contributed by atoms with van der Waals surface area (Å²) in [7, 11) is 3.28. The van der Waals surface area contributed by atoms with E-state index < -0.39 is 0 Å². The minimum absolute atomic E-state index is 0.145. The van der Waals surface area contributed by atoms with Crippen molar-refractivity contribution in [2.75, 3.05) is 24.8 Å². The number of nitrogens with two attached hydrogens (primary N) is 1. The maximum Gasteiger partial charge on any atom is 0.258 e. The zero-order valence-electron chi connectivity index (χ0n) is 11.3. The highest BCUT2D eigenvalue weighted by molar-refractivity contribution is 9.10. The maximum atomic E-state index is 12.5. The van der Waals surface area contributed by atoms with E-state index in [0.717, 1.165) is 4.47 Å². The smallest absolute Gasteiger partial charge is 0.258 e. The van der Waals surface area contributed by atoms with Crippen molar-refractivity contribution in [2.45, 2.75) is 0 Å². The molecule has 2 N–H and O–H groups in total. The summed E-state index contributed by atoms with van der Waals surface area (Å²) in [5.41, 5.74) is 7.50. The molecule has 0 spiro atoms. The predicted octanol–water partition coefficient (Wildman–Crippen LogP) is 3.32. The third kappa shape index (κ3) is 2.93. The Kier molecular flexibility index (Phi) is 4.29. The van der Waals surface area contributed by atoms with Gasteiger partial charge in [0.25, 0.3) is 5.91 Å². The Morgan fingerprint density at radius 3 is 2.65 bits per heavy atom. The fourth-order valence-corrected chi connectivity index (χ4v) is 2.25. The minimum Gasteiger partial charge on any atom is -0.495 e. The second-order valence-corrected chi connectivity index (χ2v) is 5.22. The van der Waals surface area contributed by atoms with E-state index in [-0.39, 0.29) is 5.91 Å². The molecule has 5 heteroatoms. The molecular weight excluding hydrogens is 320 g/mol. The van der Waals surface area contributed by atoms with Crippen LogP contribution in [0.3, 0.4) is 0 Å². The largest absolute Gasteiger partial charge is 0.495 e. The average molecular weight is 335 g/mol. The van der Waals surface area contributed by atoms with Crippen LogP contribution in [0.2, 0.25) is 0 Å². The molecular formula is C15H15BrN2O2. The van der Waals surface area contributed by atoms with Crippen LogP contribution in [0.25, 0.3) is 0 Å². The molecule has 0 saturated heterocycles. The standard InChI is InChI=1S/C15H15BrN2O2/c1-18(13-9-11(16)6-7-14(13)20-2)15(19)10-4-3-5-12(17)8-10/h3-9H,17H2,1-2H3. The number of carbonyl (C=O) groups is 1. The van der Waals surface area contributed by atoms with E-state index >= 15 is 0 Å². The number of nitrogen functional groups attached to an aromatic ring is 1. The van der Waals surface area contributed by atoms with Crippen LogP contribution in [0.1, 0.15) is 10.4 Å². The molecule has 0 aliphatic rings. The van der Waals surface area contributed by atoms with Crippen LogP contribution < -0.4 is 15.4 Å². The normalized spacial score (nSPS) is 10.2. The quantitative estimate of drug-likeness (QED) is 0.876. The van der Waals surface area contributed by atoms with Crippen LogP contribution in [0.5, 0.6) is 5.75 Å². The number of hydrogen-bond donors (Lipinski definition) is 1. The van der Waals surface area contributed by atoms with Crippen molar-refractivity contribution >= 4 is 33.2 Å². The number of methoxy groups -OCH3 is 1. The molecule has 0 saturated carbocycles. The highest BCUT2D eigenvalue weighted by Gasteiger charge is 2.17. The lowest BCUT2D eigenvalue weighted by Crippen LogP contribution is -2.26. The molecule has 2 rings (SSSR count). The Morgan fingerprint density at radius 1 is 1.25 bits per heavy atom. The number of anilines is 2. The summed E-state index contributed by atoms with van der Waals surface area (Å²) >= 11 is 3.40. The number of carbonyl (C=O) groups excluding carboxylic acids is 1. The van der Waals surface area contributed by atoms with Crippen molar-refractivity contribution in [3.8, 4) is 5.75 Å². The Hall–Kier alpha value is -2.01. The lowest BCUT2D eigenvalue weighted by molar-refractivity contribution is 0.0992. The molecule has 1 amide bonds. The van der Waals surface area contributed by atoms with Crippen LogP contribution in [-0.4, -0.2) is 20.1 Å². The van der Waals surface area contributed by atoms with Gasteiger partial charge in [0.15, 0.2) is 0 Å². The second kappa shape index (κ2) is 5.96. The summed E-state index contributed by atoms with van der Waals surface area (Å²) in [6.07, 6.45) is 0. The van der Waals surface area contributed by atoms with Gasteiger partial charge in [-0.05, 0) is 36.4 Å². The fraction of sp³-hybridized carbons (Fsp3) is 0.133. The number of amides is 1. The van der Waals surface area contributed by atoms with Gasteiger partial charge >= 0.3 is 0 Å². The van der Waals surface area contributed by atoms with Crippen LogP contribution in [-0.2, 0) is 0 Å². The molecule has 0 fully saturated rings. The SMILES string of the molecule is COc1ccc(Br)cc1N(C)C(=O)c1cccc(N)c1. The number of rotatable bonds is 3. The minimum atomic E-state index is -0.145. The molecule has 0 unspecified atom stereocenters.